The van der Waals surface area contributed by atoms with Crippen molar-refractivity contribution in [3.05, 3.63) is 71.8 Å². The first-order chi connectivity index (χ1) is 14.4. The van der Waals surface area contributed by atoms with Crippen molar-refractivity contribution in [3.8, 4) is 17.1 Å². The summed E-state index contributed by atoms with van der Waals surface area (Å²) in [5.74, 6) is 0.0975. The van der Waals surface area contributed by atoms with E-state index in [0.29, 0.717) is 27.9 Å². The van der Waals surface area contributed by atoms with Crippen molar-refractivity contribution in [2.45, 2.75) is 32.1 Å². The van der Waals surface area contributed by atoms with Gasteiger partial charge in [0.2, 0.25) is 5.91 Å². The molecule has 30 heavy (non-hydrogen) atoms. The van der Waals surface area contributed by atoms with E-state index in [0.717, 1.165) is 16.7 Å². The van der Waals surface area contributed by atoms with Gasteiger partial charge in [-0.05, 0) is 37.6 Å². The second kappa shape index (κ2) is 7.91. The lowest BCUT2D eigenvalue weighted by molar-refractivity contribution is -0.764. The summed E-state index contributed by atoms with van der Waals surface area (Å²) in [4.78, 5) is 18.8. The maximum Gasteiger partial charge on any atom is 0.293 e. The summed E-state index contributed by atoms with van der Waals surface area (Å²) in [7, 11) is 0. The van der Waals surface area contributed by atoms with Gasteiger partial charge in [0, 0.05) is 23.3 Å². The van der Waals surface area contributed by atoms with E-state index in [2.05, 4.69) is 11.6 Å². The SMILES string of the molecule is C=CCSc1nc([O-])c2[n+](n1)C(c1cc(C)ccc1C)N(C(C)=O)c1ccccc1-2. The van der Waals surface area contributed by atoms with Crippen molar-refractivity contribution in [2.24, 2.45) is 0 Å². The number of thioether (sulfide) groups is 1. The van der Waals surface area contributed by atoms with E-state index in [1.54, 1.807) is 15.7 Å². The molecule has 2 aromatic carbocycles. The number of anilines is 1. The van der Waals surface area contributed by atoms with Crippen LogP contribution >= 0.6 is 11.8 Å². The summed E-state index contributed by atoms with van der Waals surface area (Å²) in [5.41, 5.74) is 4.72. The molecule has 0 saturated heterocycles. The number of aromatic nitrogens is 3. The van der Waals surface area contributed by atoms with Gasteiger partial charge in [0.05, 0.1) is 17.1 Å². The molecule has 1 unspecified atom stereocenters. The lowest BCUT2D eigenvalue weighted by atomic mass is 9.97. The first-order valence-corrected chi connectivity index (χ1v) is 10.6. The van der Waals surface area contributed by atoms with Gasteiger partial charge >= 0.3 is 0 Å². The van der Waals surface area contributed by atoms with Crippen molar-refractivity contribution in [2.75, 3.05) is 10.7 Å². The molecule has 2 heterocycles. The highest BCUT2D eigenvalue weighted by Crippen LogP contribution is 2.41. The van der Waals surface area contributed by atoms with Crippen molar-refractivity contribution in [1.29, 1.82) is 0 Å². The highest BCUT2D eigenvalue weighted by Gasteiger charge is 2.44. The molecule has 1 aliphatic rings. The van der Waals surface area contributed by atoms with Gasteiger partial charge in [-0.3, -0.25) is 4.79 Å². The number of nitrogens with zero attached hydrogens (tertiary/aromatic N) is 4. The third kappa shape index (κ3) is 3.35. The van der Waals surface area contributed by atoms with E-state index in [1.807, 2.05) is 56.3 Å². The van der Waals surface area contributed by atoms with Gasteiger partial charge in [0.1, 0.15) is 0 Å². The fourth-order valence-electron chi connectivity index (χ4n) is 3.79. The van der Waals surface area contributed by atoms with E-state index in [1.165, 1.54) is 18.7 Å². The zero-order valence-electron chi connectivity index (χ0n) is 17.1. The lowest BCUT2D eigenvalue weighted by Gasteiger charge is -2.33. The number of hydrogen-bond donors (Lipinski definition) is 0. The van der Waals surface area contributed by atoms with Gasteiger partial charge in [0.25, 0.3) is 17.0 Å². The number of carbonyl (C=O) groups excluding carboxylic acids is 1. The Bertz CT molecular complexity index is 1160. The molecule has 152 valence electrons. The average molecular weight is 419 g/mol. The van der Waals surface area contributed by atoms with E-state index < -0.39 is 6.17 Å². The summed E-state index contributed by atoms with van der Waals surface area (Å²) in [5, 5.41) is 18.2. The van der Waals surface area contributed by atoms with E-state index in [9.17, 15) is 9.90 Å². The molecule has 0 saturated carbocycles. The zero-order chi connectivity index (χ0) is 21.4. The normalized spacial score (nSPS) is 14.8. The molecule has 3 aromatic rings. The number of aryl methyl sites for hydroxylation is 2. The monoisotopic (exact) mass is 418 g/mol. The van der Waals surface area contributed by atoms with Crippen LogP contribution in [0.25, 0.3) is 11.3 Å². The Morgan fingerprint density at radius 1 is 1.30 bits per heavy atom. The molecule has 1 aliphatic heterocycles. The molecule has 0 bridgehead atoms. The molecule has 6 nitrogen and oxygen atoms in total. The predicted octanol–water partition coefficient (Wildman–Crippen LogP) is 3.31. The fourth-order valence-corrected chi connectivity index (χ4v) is 4.35. The highest BCUT2D eigenvalue weighted by molar-refractivity contribution is 7.99. The van der Waals surface area contributed by atoms with Crippen LogP contribution in [0, 0.1) is 13.8 Å². The number of carbonyl (C=O) groups is 1. The Balaban J connectivity index is 2.06. The number of rotatable bonds is 4. The Morgan fingerprint density at radius 2 is 2.07 bits per heavy atom. The maximum absolute atomic E-state index is 13.1. The molecule has 4 rings (SSSR count). The van der Waals surface area contributed by atoms with Crippen LogP contribution in [0.15, 0.2) is 60.3 Å². The third-order valence-electron chi connectivity index (χ3n) is 5.10. The minimum absolute atomic E-state index is 0.127. The number of benzene rings is 2. The standard InChI is InChI=1S/C23H22N4O2S/c1-5-12-30-23-24-21(29)20-17-8-6-7-9-19(17)26(16(4)28)22(27(20)25-23)18-13-14(2)10-11-15(18)3/h5-11,13,22H,1,12H2,2-4H3. The molecule has 0 N–H and O–H groups in total. The summed E-state index contributed by atoms with van der Waals surface area (Å²) in [6.07, 6.45) is 1.16. The predicted molar refractivity (Wildman–Crippen MR) is 115 cm³/mol. The van der Waals surface area contributed by atoms with Crippen LogP contribution in [-0.2, 0) is 4.79 Å². The summed E-state index contributed by atoms with van der Waals surface area (Å²) >= 11 is 1.34. The minimum Gasteiger partial charge on any atom is -0.854 e. The Labute approximate surface area is 179 Å². The molecule has 1 amide bonds. The van der Waals surface area contributed by atoms with Gasteiger partial charge in [-0.25, -0.2) is 9.88 Å². The Hall–Kier alpha value is -3.19. The number of para-hydroxylation sites is 1. The topological polar surface area (TPSA) is 73.0 Å². The largest absolute Gasteiger partial charge is 0.854 e. The Morgan fingerprint density at radius 3 is 2.80 bits per heavy atom. The quantitative estimate of drug-likeness (QED) is 0.369. The molecule has 0 aliphatic carbocycles. The van der Waals surface area contributed by atoms with Gasteiger partial charge < -0.3 is 5.11 Å². The molecule has 0 radical (unpaired) electrons. The summed E-state index contributed by atoms with van der Waals surface area (Å²) < 4.78 is 1.66. The molecule has 7 heteroatoms. The maximum atomic E-state index is 13.1. The number of amides is 1. The molecular weight excluding hydrogens is 396 g/mol. The van der Waals surface area contributed by atoms with E-state index in [-0.39, 0.29) is 11.8 Å². The second-order valence-electron chi connectivity index (χ2n) is 7.23. The van der Waals surface area contributed by atoms with Crippen LogP contribution in [0.5, 0.6) is 5.88 Å². The van der Waals surface area contributed by atoms with Crippen molar-refractivity contribution in [1.82, 2.24) is 10.1 Å². The molecular formula is C23H22N4O2S. The fraction of sp³-hybridized carbons (Fsp3) is 0.217. The molecule has 1 aromatic heterocycles. The van der Waals surface area contributed by atoms with Gasteiger partial charge in [0.15, 0.2) is 0 Å². The second-order valence-corrected chi connectivity index (χ2v) is 8.22. The average Bonchev–Trinajstić information content (AvgIpc) is 2.72. The number of hydrogen-bond acceptors (Lipinski definition) is 5. The molecule has 1 atom stereocenters. The van der Waals surface area contributed by atoms with E-state index in [4.69, 9.17) is 5.10 Å². The van der Waals surface area contributed by atoms with Crippen LogP contribution in [0.1, 0.15) is 29.8 Å². The Kier molecular flexibility index (Phi) is 5.30. The summed E-state index contributed by atoms with van der Waals surface area (Å²) in [6, 6.07) is 13.5. The van der Waals surface area contributed by atoms with Gasteiger partial charge in [-0.15, -0.1) is 6.58 Å². The van der Waals surface area contributed by atoms with Gasteiger partial charge in [-0.2, -0.15) is 0 Å². The smallest absolute Gasteiger partial charge is 0.293 e. The van der Waals surface area contributed by atoms with Crippen LogP contribution < -0.4 is 14.7 Å². The van der Waals surface area contributed by atoms with Crippen molar-refractivity contribution < 1.29 is 14.6 Å². The van der Waals surface area contributed by atoms with Crippen LogP contribution in [-0.4, -0.2) is 21.7 Å². The van der Waals surface area contributed by atoms with Crippen molar-refractivity contribution in [3.63, 3.8) is 0 Å². The molecule has 0 fully saturated rings. The van der Waals surface area contributed by atoms with E-state index >= 15 is 0 Å². The van der Waals surface area contributed by atoms with Crippen LogP contribution in [0.3, 0.4) is 0 Å². The first kappa shape index (κ1) is 20.1. The van der Waals surface area contributed by atoms with Crippen LogP contribution in [0.4, 0.5) is 5.69 Å². The first-order valence-electron chi connectivity index (χ1n) is 9.63. The van der Waals surface area contributed by atoms with Crippen molar-refractivity contribution >= 4 is 23.4 Å². The van der Waals surface area contributed by atoms with Crippen LogP contribution in [0.2, 0.25) is 0 Å². The zero-order valence-corrected chi connectivity index (χ0v) is 17.9. The number of fused-ring (bicyclic) bond motifs is 3. The third-order valence-corrected chi connectivity index (χ3v) is 5.93. The summed E-state index contributed by atoms with van der Waals surface area (Å²) in [6.45, 7) is 9.26. The molecule has 0 spiro atoms. The minimum atomic E-state index is -0.578. The lowest BCUT2D eigenvalue weighted by Crippen LogP contribution is -2.59. The highest BCUT2D eigenvalue weighted by atomic mass is 32.2. The van der Waals surface area contributed by atoms with Gasteiger partial charge in [-0.1, -0.05) is 52.3 Å².